The Hall–Kier alpha value is -0.0800. The second-order valence-electron chi connectivity index (χ2n) is 6.63. The van der Waals surface area contributed by atoms with Crippen LogP contribution in [0.15, 0.2) is 0 Å². The minimum absolute atomic E-state index is 0.607. The van der Waals surface area contributed by atoms with Gasteiger partial charge in [0.25, 0.3) is 0 Å². The Morgan fingerprint density at radius 3 is 2.44 bits per heavy atom. The average Bonchev–Trinajstić information content (AvgIpc) is 3.17. The predicted molar refractivity (Wildman–Crippen MR) is 76.8 cm³/mol. The third kappa shape index (κ3) is 4.24. The number of hydrogen-bond acceptors (Lipinski definition) is 2. The van der Waals surface area contributed by atoms with Crippen LogP contribution in [-0.4, -0.2) is 26.3 Å². The molecule has 1 N–H and O–H groups in total. The van der Waals surface area contributed by atoms with Crippen LogP contribution >= 0.6 is 0 Å². The summed E-state index contributed by atoms with van der Waals surface area (Å²) in [4.78, 5) is 0. The highest BCUT2D eigenvalue weighted by atomic mass is 16.5. The predicted octanol–water partition coefficient (Wildman–Crippen LogP) is 3.75. The van der Waals surface area contributed by atoms with Gasteiger partial charge in [0.15, 0.2) is 0 Å². The van der Waals surface area contributed by atoms with Gasteiger partial charge in [-0.1, -0.05) is 19.8 Å². The van der Waals surface area contributed by atoms with E-state index in [2.05, 4.69) is 12.2 Å². The molecule has 0 atom stereocenters. The first-order valence-corrected chi connectivity index (χ1v) is 8.00. The molecule has 18 heavy (non-hydrogen) atoms. The average molecular weight is 253 g/mol. The number of nitrogens with one attached hydrogen (secondary N) is 1. The Morgan fingerprint density at radius 2 is 1.89 bits per heavy atom. The molecular weight excluding hydrogens is 222 g/mol. The van der Waals surface area contributed by atoms with Gasteiger partial charge in [-0.25, -0.2) is 0 Å². The van der Waals surface area contributed by atoms with Crippen molar-refractivity contribution in [3.8, 4) is 0 Å². The second kappa shape index (κ2) is 6.91. The molecule has 2 nitrogen and oxygen atoms in total. The third-order valence-electron chi connectivity index (χ3n) is 5.10. The van der Waals surface area contributed by atoms with Crippen molar-refractivity contribution in [3.63, 3.8) is 0 Å². The van der Waals surface area contributed by atoms with Crippen LogP contribution in [0.5, 0.6) is 0 Å². The smallest absolute Gasteiger partial charge is 0.0468 e. The lowest BCUT2D eigenvalue weighted by atomic mass is 9.83. The maximum absolute atomic E-state index is 5.22. The highest BCUT2D eigenvalue weighted by Gasteiger charge is 2.42. The zero-order valence-electron chi connectivity index (χ0n) is 12.3. The van der Waals surface area contributed by atoms with Crippen molar-refractivity contribution < 1.29 is 4.74 Å². The minimum Gasteiger partial charge on any atom is -0.385 e. The van der Waals surface area contributed by atoms with Crippen molar-refractivity contribution in [1.29, 1.82) is 0 Å². The fraction of sp³-hybridized carbons (Fsp3) is 1.00. The first-order valence-electron chi connectivity index (χ1n) is 8.00. The summed E-state index contributed by atoms with van der Waals surface area (Å²) in [6.45, 7) is 4.49. The highest BCUT2D eigenvalue weighted by Crippen LogP contribution is 2.48. The fourth-order valence-electron chi connectivity index (χ4n) is 3.43. The molecule has 2 aliphatic carbocycles. The number of hydrogen-bond donors (Lipinski definition) is 1. The molecule has 2 fully saturated rings. The summed E-state index contributed by atoms with van der Waals surface area (Å²) in [5.74, 6) is 1.02. The molecule has 2 saturated carbocycles. The van der Waals surface area contributed by atoms with E-state index in [1.165, 1.54) is 64.3 Å². The minimum atomic E-state index is 0.607. The van der Waals surface area contributed by atoms with Gasteiger partial charge in [0.05, 0.1) is 0 Å². The van der Waals surface area contributed by atoms with Gasteiger partial charge >= 0.3 is 0 Å². The van der Waals surface area contributed by atoms with E-state index < -0.39 is 0 Å². The summed E-state index contributed by atoms with van der Waals surface area (Å²) in [6, 6.07) is 0.804. The van der Waals surface area contributed by atoms with Gasteiger partial charge in [0, 0.05) is 26.3 Å². The Bertz CT molecular complexity index is 229. The van der Waals surface area contributed by atoms with E-state index in [1.54, 1.807) is 0 Å². The monoisotopic (exact) mass is 253 g/mol. The van der Waals surface area contributed by atoms with E-state index in [0.29, 0.717) is 5.41 Å². The van der Waals surface area contributed by atoms with Crippen molar-refractivity contribution >= 4 is 0 Å². The van der Waals surface area contributed by atoms with E-state index in [-0.39, 0.29) is 0 Å². The van der Waals surface area contributed by atoms with Crippen LogP contribution in [0.2, 0.25) is 0 Å². The normalized spacial score (nSPS) is 30.3. The van der Waals surface area contributed by atoms with E-state index in [1.807, 2.05) is 7.11 Å². The van der Waals surface area contributed by atoms with Crippen molar-refractivity contribution in [2.24, 2.45) is 11.3 Å². The summed E-state index contributed by atoms with van der Waals surface area (Å²) in [7, 11) is 1.82. The van der Waals surface area contributed by atoms with Crippen LogP contribution in [0.3, 0.4) is 0 Å². The topological polar surface area (TPSA) is 21.3 Å². The van der Waals surface area contributed by atoms with Crippen molar-refractivity contribution in [2.75, 3.05) is 20.3 Å². The van der Waals surface area contributed by atoms with Gasteiger partial charge < -0.3 is 10.1 Å². The second-order valence-corrected chi connectivity index (χ2v) is 6.63. The third-order valence-corrected chi connectivity index (χ3v) is 5.10. The van der Waals surface area contributed by atoms with Gasteiger partial charge in [-0.2, -0.15) is 0 Å². The SMILES string of the molecule is CCCC1CCC(NCC2(CCOC)CC2)CC1. The van der Waals surface area contributed by atoms with E-state index in [0.717, 1.165) is 18.6 Å². The molecule has 2 heteroatoms. The molecule has 0 heterocycles. The maximum atomic E-state index is 5.22. The van der Waals surface area contributed by atoms with Crippen LogP contribution in [0.1, 0.15) is 64.7 Å². The molecule has 0 bridgehead atoms. The zero-order chi connectivity index (χ0) is 12.8. The Kier molecular flexibility index (Phi) is 5.50. The lowest BCUT2D eigenvalue weighted by molar-refractivity contribution is 0.168. The van der Waals surface area contributed by atoms with Gasteiger partial charge in [-0.05, 0) is 56.3 Å². The molecule has 0 radical (unpaired) electrons. The summed E-state index contributed by atoms with van der Waals surface area (Å²) in [5, 5.41) is 3.84. The Balaban J connectivity index is 1.60. The largest absolute Gasteiger partial charge is 0.385 e. The summed E-state index contributed by atoms with van der Waals surface area (Å²) in [6.07, 6.45) is 12.6. The quantitative estimate of drug-likeness (QED) is 0.711. The molecule has 0 aliphatic heterocycles. The van der Waals surface area contributed by atoms with E-state index in [9.17, 15) is 0 Å². The molecule has 0 aromatic heterocycles. The first-order chi connectivity index (χ1) is 8.78. The molecule has 0 spiro atoms. The standard InChI is InChI=1S/C16H31NO/c1-3-4-14-5-7-15(8-6-14)17-13-16(9-10-16)11-12-18-2/h14-15,17H,3-13H2,1-2H3. The van der Waals surface area contributed by atoms with Crippen molar-refractivity contribution in [1.82, 2.24) is 5.32 Å². The molecule has 0 saturated heterocycles. The maximum Gasteiger partial charge on any atom is 0.0468 e. The molecule has 2 rings (SSSR count). The molecule has 0 aromatic rings. The fourth-order valence-corrected chi connectivity index (χ4v) is 3.43. The van der Waals surface area contributed by atoms with Crippen LogP contribution in [0.25, 0.3) is 0 Å². The highest BCUT2D eigenvalue weighted by molar-refractivity contribution is 4.95. The van der Waals surface area contributed by atoms with Crippen molar-refractivity contribution in [3.05, 3.63) is 0 Å². The summed E-state index contributed by atoms with van der Waals surface area (Å²) < 4.78 is 5.22. The van der Waals surface area contributed by atoms with Gasteiger partial charge in [0.2, 0.25) is 0 Å². The van der Waals surface area contributed by atoms with E-state index >= 15 is 0 Å². The van der Waals surface area contributed by atoms with Crippen LogP contribution in [0.4, 0.5) is 0 Å². The number of methoxy groups -OCH3 is 1. The van der Waals surface area contributed by atoms with Crippen LogP contribution < -0.4 is 5.32 Å². The molecule has 2 aliphatic rings. The Labute approximate surface area is 113 Å². The van der Waals surface area contributed by atoms with Crippen LogP contribution in [-0.2, 0) is 4.74 Å². The zero-order valence-corrected chi connectivity index (χ0v) is 12.3. The molecule has 0 amide bonds. The Morgan fingerprint density at radius 1 is 1.17 bits per heavy atom. The molecular formula is C16H31NO. The molecule has 0 aromatic carbocycles. The first kappa shape index (κ1) is 14.3. The summed E-state index contributed by atoms with van der Waals surface area (Å²) in [5.41, 5.74) is 0.607. The van der Waals surface area contributed by atoms with Crippen molar-refractivity contribution in [2.45, 2.75) is 70.8 Å². The number of rotatable bonds is 8. The summed E-state index contributed by atoms with van der Waals surface area (Å²) >= 11 is 0. The van der Waals surface area contributed by atoms with Gasteiger partial charge in [0.1, 0.15) is 0 Å². The lowest BCUT2D eigenvalue weighted by Crippen LogP contribution is -2.37. The van der Waals surface area contributed by atoms with Crippen LogP contribution in [0, 0.1) is 11.3 Å². The molecule has 106 valence electrons. The van der Waals surface area contributed by atoms with Gasteiger partial charge in [-0.3, -0.25) is 0 Å². The number of ether oxygens (including phenoxy) is 1. The lowest BCUT2D eigenvalue weighted by Gasteiger charge is -2.30. The van der Waals surface area contributed by atoms with E-state index in [4.69, 9.17) is 4.74 Å². The van der Waals surface area contributed by atoms with Gasteiger partial charge in [-0.15, -0.1) is 0 Å². The molecule has 0 unspecified atom stereocenters.